The van der Waals surface area contributed by atoms with Crippen LogP contribution in [0.15, 0.2) is 95.9 Å². The fourth-order valence-electron chi connectivity index (χ4n) is 6.52. The van der Waals surface area contributed by atoms with Crippen LogP contribution in [0.5, 0.6) is 0 Å². The average Bonchev–Trinajstić information content (AvgIpc) is 3.77. The van der Waals surface area contributed by atoms with Gasteiger partial charge in [-0.15, -0.1) is 0 Å². The first-order valence-corrected chi connectivity index (χ1v) is 15.9. The van der Waals surface area contributed by atoms with Crippen molar-refractivity contribution in [3.05, 3.63) is 121 Å². The fraction of sp³-hybridized carbons (Fsp3) is 0.421. The minimum absolute atomic E-state index is 0. The summed E-state index contributed by atoms with van der Waals surface area (Å²) in [5.74, 6) is 0.235. The molecule has 3 saturated heterocycles. The van der Waals surface area contributed by atoms with Crippen LogP contribution in [0.3, 0.4) is 0 Å². The first-order valence-electron chi connectivity index (χ1n) is 15.9. The summed E-state index contributed by atoms with van der Waals surface area (Å²) in [6, 6.07) is 21.2. The monoisotopic (exact) mass is 665 g/mol. The molecule has 3 heterocycles. The fourth-order valence-corrected chi connectivity index (χ4v) is 6.52. The van der Waals surface area contributed by atoms with Gasteiger partial charge in [0.25, 0.3) is 0 Å². The number of benzene rings is 2. The van der Waals surface area contributed by atoms with Gasteiger partial charge in [0.1, 0.15) is 0 Å². The maximum absolute atomic E-state index is 6.81. The van der Waals surface area contributed by atoms with Crippen molar-refractivity contribution in [1.82, 2.24) is 0 Å². The van der Waals surface area contributed by atoms with Crippen molar-refractivity contribution in [1.29, 1.82) is 0 Å². The van der Waals surface area contributed by atoms with E-state index in [9.17, 15) is 0 Å². The van der Waals surface area contributed by atoms with Gasteiger partial charge in [0.15, 0.2) is 0 Å². The Balaban J connectivity index is 0.000000628. The van der Waals surface area contributed by atoms with Gasteiger partial charge in [0.05, 0.1) is 35.6 Å². The molecular weight excluding hydrogens is 617 g/mol. The van der Waals surface area contributed by atoms with Crippen LogP contribution >= 0.6 is 0 Å². The van der Waals surface area contributed by atoms with Gasteiger partial charge in [-0.25, -0.2) is 0 Å². The van der Waals surface area contributed by atoms with Crippen LogP contribution in [0, 0.1) is 25.7 Å². The van der Waals surface area contributed by atoms with Crippen LogP contribution in [0.2, 0.25) is 0 Å². The number of fused-ring (bicyclic) bond motifs is 1. The Bertz CT molecular complexity index is 1450. The Hall–Kier alpha value is -2.16. The number of ether oxygens (including phenoxy) is 1. The van der Waals surface area contributed by atoms with E-state index < -0.39 is 36.6 Å². The van der Waals surface area contributed by atoms with Crippen molar-refractivity contribution < 1.29 is 40.1 Å². The second-order valence-electron chi connectivity index (χ2n) is 14.3. The second-order valence-corrected chi connectivity index (χ2v) is 14.3. The maximum atomic E-state index is 6.81. The molecule has 2 aromatic carbocycles. The van der Waals surface area contributed by atoms with Crippen molar-refractivity contribution in [3.8, 4) is 0 Å². The molecule has 246 valence electrons. The second kappa shape index (κ2) is 13.8. The number of hydrogen-bond donors (Lipinski definition) is 0. The molecule has 3 fully saturated rings. The van der Waals surface area contributed by atoms with E-state index in [4.69, 9.17) is 23.4 Å². The number of allylic oxidation sites excluding steroid dienone is 6. The van der Waals surface area contributed by atoms with E-state index in [1.165, 1.54) is 11.1 Å². The predicted molar refractivity (Wildman–Crippen MR) is 186 cm³/mol. The molecule has 0 unspecified atom stereocenters. The van der Waals surface area contributed by atoms with E-state index in [1.807, 2.05) is 30.7 Å². The van der Waals surface area contributed by atoms with E-state index in [0.29, 0.717) is 13.2 Å². The zero-order valence-electron chi connectivity index (χ0n) is 28.8. The molecule has 2 radical (unpaired) electrons. The number of hydrogen-bond acceptors (Lipinski definition) is 5. The molecule has 46 heavy (non-hydrogen) atoms. The third-order valence-corrected chi connectivity index (χ3v) is 10.4. The van der Waals surface area contributed by atoms with Crippen LogP contribution < -0.4 is 0 Å². The topological polar surface area (TPSA) is 46.2 Å². The van der Waals surface area contributed by atoms with Crippen LogP contribution in [-0.4, -0.2) is 49.9 Å². The van der Waals surface area contributed by atoms with E-state index in [-0.39, 0.29) is 36.0 Å². The van der Waals surface area contributed by atoms with Gasteiger partial charge in [0, 0.05) is 35.0 Å². The Labute approximate surface area is 288 Å². The molecule has 0 N–H and O–H groups in total. The molecule has 0 aromatic heterocycles. The van der Waals surface area contributed by atoms with Gasteiger partial charge in [0.2, 0.25) is 0 Å². The summed E-state index contributed by atoms with van der Waals surface area (Å²) in [5.41, 5.74) is 4.90. The Morgan fingerprint density at radius 2 is 1.00 bits per heavy atom. The summed E-state index contributed by atoms with van der Waals surface area (Å²) in [4.78, 5) is 0. The molecule has 5 aliphatic rings. The van der Waals surface area contributed by atoms with E-state index in [0.717, 1.165) is 22.1 Å². The van der Waals surface area contributed by atoms with Gasteiger partial charge >= 0.3 is 14.2 Å². The largest absolute Gasteiger partial charge is 0.495 e. The molecule has 2 aliphatic carbocycles. The number of rotatable bonds is 4. The minimum Gasteiger partial charge on any atom is -0.400 e. The van der Waals surface area contributed by atoms with Crippen molar-refractivity contribution in [2.75, 3.05) is 13.2 Å². The van der Waals surface area contributed by atoms with Gasteiger partial charge in [-0.05, 0) is 88.6 Å². The van der Waals surface area contributed by atoms with Crippen molar-refractivity contribution in [3.63, 3.8) is 0 Å². The normalized spacial score (nSPS) is 26.3. The van der Waals surface area contributed by atoms with Crippen LogP contribution in [0.4, 0.5) is 0 Å². The first kappa shape index (κ1) is 36.7. The third kappa shape index (κ3) is 6.60. The molecule has 0 bridgehead atoms. The Morgan fingerprint density at radius 3 is 1.46 bits per heavy atom. The standard InChI is InChI=1S/C32H40B2O5.C5H5.CH3.Co/c1-29(2)30(3,4)37-33(36-29)27-24-20-35-19-23(24)25(21-15-11-9-12-16-21)28(26(27)22-17-13-10-14-18-22)34-38-31(5,6)32(7,8)39-34;1-2-4-5-3-1;;/h9-18,23-24H,19-20H2,1-8H3;1-5H;1H3;/q;;-1;/t23-,24+;;;/m1.../s1. The molecule has 2 atom stereocenters. The van der Waals surface area contributed by atoms with Crippen LogP contribution in [-0.2, 0) is 40.1 Å². The van der Waals surface area contributed by atoms with Crippen molar-refractivity contribution >= 4 is 25.4 Å². The molecule has 0 amide bonds. The Kier molecular flexibility index (Phi) is 11.0. The molecule has 8 heteroatoms. The quantitative estimate of drug-likeness (QED) is 0.244. The van der Waals surface area contributed by atoms with Gasteiger partial charge in [-0.3, -0.25) is 0 Å². The molecular formula is C38H48B2CoO5-. The predicted octanol–water partition coefficient (Wildman–Crippen LogP) is 8.20. The summed E-state index contributed by atoms with van der Waals surface area (Å²) in [6.45, 7) is 18.1. The summed E-state index contributed by atoms with van der Waals surface area (Å²) in [5, 5.41) is 0. The van der Waals surface area contributed by atoms with Crippen molar-refractivity contribution in [2.45, 2.75) is 77.8 Å². The smallest absolute Gasteiger partial charge is 0.400 e. The van der Waals surface area contributed by atoms with Crippen LogP contribution in [0.1, 0.15) is 66.5 Å². The molecule has 3 aliphatic heterocycles. The summed E-state index contributed by atoms with van der Waals surface area (Å²) < 4.78 is 33.4. The van der Waals surface area contributed by atoms with E-state index in [2.05, 4.69) is 116 Å². The zero-order chi connectivity index (χ0) is 31.3. The first-order chi connectivity index (χ1) is 20.8. The SMILES string of the molecule is CC1(C)OB(C2=C(c3ccccc3)[C@@H]3COC[C@@H]3C(B3OC(C)(C)C(C)(C)O3)=C2c2ccccc2)OC1(C)C.[CH3-].[CH]1C=CC=C1.[Co]. The Morgan fingerprint density at radius 1 is 0.565 bits per heavy atom. The molecule has 5 nitrogen and oxygen atoms in total. The molecule has 0 saturated carbocycles. The van der Waals surface area contributed by atoms with Crippen LogP contribution in [0.25, 0.3) is 11.1 Å². The molecule has 7 rings (SSSR count). The maximum Gasteiger partial charge on any atom is 0.495 e. The summed E-state index contributed by atoms with van der Waals surface area (Å²) >= 11 is 0. The van der Waals surface area contributed by atoms with Gasteiger partial charge < -0.3 is 30.8 Å². The molecule has 2 aromatic rings. The molecule has 0 spiro atoms. The van der Waals surface area contributed by atoms with Gasteiger partial charge in [-0.1, -0.05) is 85.0 Å². The van der Waals surface area contributed by atoms with E-state index >= 15 is 0 Å². The van der Waals surface area contributed by atoms with Gasteiger partial charge in [-0.2, -0.15) is 0 Å². The minimum atomic E-state index is -0.556. The van der Waals surface area contributed by atoms with E-state index in [1.54, 1.807) is 0 Å². The average molecular weight is 665 g/mol. The van der Waals surface area contributed by atoms with Crippen molar-refractivity contribution in [2.24, 2.45) is 11.8 Å². The third-order valence-electron chi connectivity index (χ3n) is 10.4. The zero-order valence-corrected chi connectivity index (χ0v) is 29.8. The summed E-state index contributed by atoms with van der Waals surface area (Å²) in [6.07, 6.45) is 10.0. The summed E-state index contributed by atoms with van der Waals surface area (Å²) in [7, 11) is -1.06.